The Hall–Kier alpha value is -1.71. The molecule has 0 radical (unpaired) electrons. The lowest BCUT2D eigenvalue weighted by atomic mass is 10.2. The van der Waals surface area contributed by atoms with Gasteiger partial charge in [-0.1, -0.05) is 0 Å². The molecule has 1 unspecified atom stereocenters. The van der Waals surface area contributed by atoms with Gasteiger partial charge in [0.2, 0.25) is 10.0 Å². The highest BCUT2D eigenvalue weighted by molar-refractivity contribution is 9.10. The van der Waals surface area contributed by atoms with Gasteiger partial charge < -0.3 is 10.1 Å². The molecule has 1 aromatic heterocycles. The van der Waals surface area contributed by atoms with Crippen molar-refractivity contribution < 1.29 is 18.3 Å². The lowest BCUT2D eigenvalue weighted by Crippen LogP contribution is -2.27. The van der Waals surface area contributed by atoms with Crippen molar-refractivity contribution in [2.24, 2.45) is 0 Å². The number of carboxylic acids is 1. The Kier molecular flexibility index (Phi) is 4.45. The summed E-state index contributed by atoms with van der Waals surface area (Å²) in [6.45, 7) is 1.63. The van der Waals surface area contributed by atoms with Gasteiger partial charge in [-0.25, -0.2) is 22.9 Å². The molecule has 0 aliphatic carbocycles. The molecule has 112 valence electrons. The Morgan fingerprint density at radius 1 is 1.48 bits per heavy atom. The van der Waals surface area contributed by atoms with Crippen LogP contribution in [0.15, 0.2) is 40.0 Å². The number of aromatic carboxylic acids is 1. The van der Waals surface area contributed by atoms with Gasteiger partial charge in [-0.3, -0.25) is 0 Å². The van der Waals surface area contributed by atoms with E-state index in [9.17, 15) is 13.2 Å². The normalized spacial score (nSPS) is 13.0. The zero-order valence-electron chi connectivity index (χ0n) is 10.9. The molecule has 0 aliphatic heterocycles. The number of imidazole rings is 1. The molecule has 0 spiro atoms. The predicted molar refractivity (Wildman–Crippen MR) is 78.4 cm³/mol. The Morgan fingerprint density at radius 3 is 2.76 bits per heavy atom. The minimum absolute atomic E-state index is 0.122. The number of sulfonamides is 1. The summed E-state index contributed by atoms with van der Waals surface area (Å²) in [4.78, 5) is 17.7. The summed E-state index contributed by atoms with van der Waals surface area (Å²) in [5, 5.41) is 9.03. The van der Waals surface area contributed by atoms with Crippen LogP contribution in [-0.2, 0) is 10.0 Å². The summed E-state index contributed by atoms with van der Waals surface area (Å²) in [7, 11) is -3.85. The topological polar surface area (TPSA) is 112 Å². The fourth-order valence-corrected chi connectivity index (χ4v) is 3.36. The van der Waals surface area contributed by atoms with Gasteiger partial charge in [-0.2, -0.15) is 0 Å². The van der Waals surface area contributed by atoms with Gasteiger partial charge in [0, 0.05) is 16.9 Å². The number of H-pyrrole nitrogens is 1. The van der Waals surface area contributed by atoms with Crippen LogP contribution in [0.3, 0.4) is 0 Å². The monoisotopic (exact) mass is 373 g/mol. The number of rotatable bonds is 5. The van der Waals surface area contributed by atoms with Crippen LogP contribution in [0.5, 0.6) is 0 Å². The molecular weight excluding hydrogens is 362 g/mol. The molecule has 2 aromatic rings. The van der Waals surface area contributed by atoms with Crippen LogP contribution < -0.4 is 4.72 Å². The van der Waals surface area contributed by atoms with Gasteiger partial charge in [0.25, 0.3) is 0 Å². The second-order valence-corrected chi connectivity index (χ2v) is 6.83. The van der Waals surface area contributed by atoms with Gasteiger partial charge in [0.15, 0.2) is 0 Å². The Bertz CT molecular complexity index is 759. The average molecular weight is 374 g/mol. The third-order valence-electron chi connectivity index (χ3n) is 2.74. The number of aromatic nitrogens is 2. The molecular formula is C12H12BrN3O4S. The summed E-state index contributed by atoms with van der Waals surface area (Å²) in [5.74, 6) is -0.743. The standard InChI is InChI=1S/C12H12BrN3O4S/c1-7(11-14-4-5-15-11)16-21(19,20)8-2-3-10(13)9(6-8)12(17)18/h2-7,16H,1H3,(H,14,15)(H,17,18). The number of carbonyl (C=O) groups is 1. The number of carboxylic acid groups (broad SMARTS) is 1. The first-order valence-electron chi connectivity index (χ1n) is 5.85. The molecule has 0 saturated carbocycles. The van der Waals surface area contributed by atoms with Crippen LogP contribution in [0.1, 0.15) is 29.1 Å². The summed E-state index contributed by atoms with van der Waals surface area (Å²) in [5.41, 5.74) is -0.122. The summed E-state index contributed by atoms with van der Waals surface area (Å²) < 4.78 is 27.3. The molecule has 3 N–H and O–H groups in total. The van der Waals surface area contributed by atoms with E-state index in [4.69, 9.17) is 5.11 Å². The summed E-state index contributed by atoms with van der Waals surface area (Å²) in [6.07, 6.45) is 3.10. The number of nitrogens with zero attached hydrogens (tertiary/aromatic N) is 1. The maximum Gasteiger partial charge on any atom is 0.336 e. The Labute approximate surface area is 129 Å². The molecule has 0 fully saturated rings. The maximum atomic E-state index is 12.3. The van der Waals surface area contributed by atoms with Gasteiger partial charge in [0.1, 0.15) is 5.82 Å². The Balaban J connectivity index is 2.32. The summed E-state index contributed by atoms with van der Waals surface area (Å²) in [6, 6.07) is 3.24. The first-order valence-corrected chi connectivity index (χ1v) is 8.13. The number of benzene rings is 1. The van der Waals surface area contributed by atoms with Crippen LogP contribution in [0.4, 0.5) is 0 Å². The zero-order valence-corrected chi connectivity index (χ0v) is 13.3. The van der Waals surface area contributed by atoms with Crippen LogP contribution >= 0.6 is 15.9 Å². The molecule has 1 atom stereocenters. The predicted octanol–water partition coefficient (Wildman–Crippen LogP) is 1.91. The third kappa shape index (κ3) is 3.49. The highest BCUT2D eigenvalue weighted by Crippen LogP contribution is 2.22. The zero-order chi connectivity index (χ0) is 15.6. The number of nitrogens with one attached hydrogen (secondary N) is 2. The van der Waals surface area contributed by atoms with Crippen LogP contribution in [-0.4, -0.2) is 29.5 Å². The highest BCUT2D eigenvalue weighted by Gasteiger charge is 2.21. The molecule has 2 rings (SSSR count). The van der Waals surface area contributed by atoms with Crippen molar-refractivity contribution in [2.75, 3.05) is 0 Å². The number of hydrogen-bond acceptors (Lipinski definition) is 4. The highest BCUT2D eigenvalue weighted by atomic mass is 79.9. The van der Waals surface area contributed by atoms with E-state index in [0.717, 1.165) is 6.07 Å². The number of hydrogen-bond donors (Lipinski definition) is 3. The largest absolute Gasteiger partial charge is 0.478 e. The molecule has 0 aliphatic rings. The van der Waals surface area contributed by atoms with Crippen molar-refractivity contribution in [1.82, 2.24) is 14.7 Å². The van der Waals surface area contributed by atoms with E-state index in [2.05, 4.69) is 30.6 Å². The lowest BCUT2D eigenvalue weighted by molar-refractivity contribution is 0.0695. The lowest BCUT2D eigenvalue weighted by Gasteiger charge is -2.12. The number of aromatic amines is 1. The van der Waals surface area contributed by atoms with E-state index >= 15 is 0 Å². The van der Waals surface area contributed by atoms with E-state index in [1.807, 2.05) is 0 Å². The molecule has 0 saturated heterocycles. The first-order chi connectivity index (χ1) is 9.81. The van der Waals surface area contributed by atoms with Crippen LogP contribution in [0.2, 0.25) is 0 Å². The van der Waals surface area contributed by atoms with E-state index in [0.29, 0.717) is 10.3 Å². The van der Waals surface area contributed by atoms with Gasteiger partial charge in [0.05, 0.1) is 16.5 Å². The molecule has 1 aromatic carbocycles. The minimum atomic E-state index is -3.85. The number of halogens is 1. The van der Waals surface area contributed by atoms with Crippen molar-refractivity contribution >= 4 is 31.9 Å². The minimum Gasteiger partial charge on any atom is -0.478 e. The second-order valence-electron chi connectivity index (χ2n) is 4.26. The molecule has 1 heterocycles. The first kappa shape index (κ1) is 15.7. The van der Waals surface area contributed by atoms with Crippen molar-refractivity contribution in [3.63, 3.8) is 0 Å². The Morgan fingerprint density at radius 2 is 2.19 bits per heavy atom. The molecule has 7 nitrogen and oxygen atoms in total. The summed E-state index contributed by atoms with van der Waals surface area (Å²) >= 11 is 3.07. The SMILES string of the molecule is CC(NS(=O)(=O)c1ccc(Br)c(C(=O)O)c1)c1ncc[nH]1. The molecule has 21 heavy (non-hydrogen) atoms. The van der Waals surface area contributed by atoms with E-state index in [1.54, 1.807) is 13.1 Å². The molecule has 0 bridgehead atoms. The van der Waals surface area contributed by atoms with E-state index < -0.39 is 22.0 Å². The molecule has 0 amide bonds. The van der Waals surface area contributed by atoms with Crippen LogP contribution in [0, 0.1) is 0 Å². The third-order valence-corrected chi connectivity index (χ3v) is 4.97. The van der Waals surface area contributed by atoms with Crippen molar-refractivity contribution in [3.8, 4) is 0 Å². The van der Waals surface area contributed by atoms with E-state index in [1.165, 1.54) is 18.3 Å². The average Bonchev–Trinajstić information content (AvgIpc) is 2.92. The quantitative estimate of drug-likeness (QED) is 0.740. The maximum absolute atomic E-state index is 12.3. The van der Waals surface area contributed by atoms with Crippen molar-refractivity contribution in [3.05, 3.63) is 46.5 Å². The van der Waals surface area contributed by atoms with Gasteiger partial charge in [-0.15, -0.1) is 0 Å². The fraction of sp³-hybridized carbons (Fsp3) is 0.167. The van der Waals surface area contributed by atoms with E-state index in [-0.39, 0.29) is 10.5 Å². The van der Waals surface area contributed by atoms with Crippen LogP contribution in [0.25, 0.3) is 0 Å². The van der Waals surface area contributed by atoms with Gasteiger partial charge in [-0.05, 0) is 41.1 Å². The second kappa shape index (κ2) is 5.96. The smallest absolute Gasteiger partial charge is 0.336 e. The van der Waals surface area contributed by atoms with Crippen molar-refractivity contribution in [1.29, 1.82) is 0 Å². The fourth-order valence-electron chi connectivity index (χ4n) is 1.71. The van der Waals surface area contributed by atoms with Gasteiger partial charge >= 0.3 is 5.97 Å². The molecule has 9 heteroatoms. The van der Waals surface area contributed by atoms with Crippen molar-refractivity contribution in [2.45, 2.75) is 17.9 Å².